The van der Waals surface area contributed by atoms with Crippen molar-refractivity contribution in [2.45, 2.75) is 26.9 Å². The number of allylic oxidation sites excluding steroid dienone is 1. The third-order valence-corrected chi connectivity index (χ3v) is 2.53. The Kier molecular flexibility index (Phi) is 5.78. The van der Waals surface area contributed by atoms with E-state index in [0.717, 1.165) is 18.8 Å². The molecular weight excluding hydrogens is 212 g/mol. The predicted octanol–water partition coefficient (Wildman–Crippen LogP) is 3.81. The van der Waals surface area contributed by atoms with Crippen molar-refractivity contribution in [3.05, 3.63) is 42.0 Å². The van der Waals surface area contributed by atoms with E-state index in [4.69, 9.17) is 9.47 Å². The summed E-state index contributed by atoms with van der Waals surface area (Å²) in [5, 5.41) is 0. The van der Waals surface area contributed by atoms with Crippen LogP contribution in [0, 0.1) is 5.92 Å². The molecule has 0 aliphatic carbocycles. The molecule has 0 N–H and O–H groups in total. The monoisotopic (exact) mass is 234 g/mol. The Bertz CT molecular complexity index is 340. The normalized spacial score (nSPS) is 12.2. The van der Waals surface area contributed by atoms with Gasteiger partial charge in [-0.15, -0.1) is 6.58 Å². The molecule has 0 saturated carbocycles. The summed E-state index contributed by atoms with van der Waals surface area (Å²) in [5.41, 5.74) is 2.39. The van der Waals surface area contributed by atoms with Gasteiger partial charge in [0.2, 0.25) is 0 Å². The van der Waals surface area contributed by atoms with Gasteiger partial charge in [0.05, 0.1) is 13.7 Å². The SMILES string of the molecule is C=C(C)C[C@@H](C)COCc1ccc(OC)cc1. The fourth-order valence-electron chi connectivity index (χ4n) is 1.75. The van der Waals surface area contributed by atoms with Gasteiger partial charge in [-0.2, -0.15) is 0 Å². The lowest BCUT2D eigenvalue weighted by atomic mass is 10.0. The minimum absolute atomic E-state index is 0.533. The first kappa shape index (κ1) is 13.8. The number of ether oxygens (including phenoxy) is 2. The van der Waals surface area contributed by atoms with Crippen molar-refractivity contribution in [3.63, 3.8) is 0 Å². The van der Waals surface area contributed by atoms with E-state index in [1.807, 2.05) is 24.3 Å². The average molecular weight is 234 g/mol. The first-order valence-electron chi connectivity index (χ1n) is 5.97. The molecule has 2 heteroatoms. The first-order chi connectivity index (χ1) is 8.11. The molecule has 0 saturated heterocycles. The van der Waals surface area contributed by atoms with E-state index >= 15 is 0 Å². The molecule has 17 heavy (non-hydrogen) atoms. The molecule has 0 fully saturated rings. The zero-order valence-electron chi connectivity index (χ0n) is 11.0. The lowest BCUT2D eigenvalue weighted by Gasteiger charge is -2.12. The van der Waals surface area contributed by atoms with E-state index in [-0.39, 0.29) is 0 Å². The third-order valence-electron chi connectivity index (χ3n) is 2.53. The number of hydrogen-bond donors (Lipinski definition) is 0. The Balaban J connectivity index is 2.28. The van der Waals surface area contributed by atoms with Crippen molar-refractivity contribution in [1.82, 2.24) is 0 Å². The third kappa shape index (κ3) is 5.55. The fourth-order valence-corrected chi connectivity index (χ4v) is 1.75. The second kappa shape index (κ2) is 7.13. The Morgan fingerprint density at radius 2 is 1.94 bits per heavy atom. The van der Waals surface area contributed by atoms with Crippen LogP contribution in [-0.2, 0) is 11.3 Å². The Morgan fingerprint density at radius 3 is 2.47 bits per heavy atom. The highest BCUT2D eigenvalue weighted by atomic mass is 16.5. The van der Waals surface area contributed by atoms with E-state index in [9.17, 15) is 0 Å². The molecule has 2 nitrogen and oxygen atoms in total. The molecule has 0 radical (unpaired) electrons. The molecule has 0 aliphatic rings. The van der Waals surface area contributed by atoms with Gasteiger partial charge in [0.15, 0.2) is 0 Å². The van der Waals surface area contributed by atoms with Gasteiger partial charge in [0.25, 0.3) is 0 Å². The van der Waals surface area contributed by atoms with Crippen LogP contribution in [0.1, 0.15) is 25.8 Å². The van der Waals surface area contributed by atoms with Crippen molar-refractivity contribution in [3.8, 4) is 5.75 Å². The molecule has 0 amide bonds. The predicted molar refractivity (Wildman–Crippen MR) is 71.2 cm³/mol. The molecule has 0 bridgehead atoms. The molecule has 0 unspecified atom stereocenters. The molecule has 0 spiro atoms. The highest BCUT2D eigenvalue weighted by Gasteiger charge is 2.02. The second-order valence-corrected chi connectivity index (χ2v) is 4.63. The zero-order chi connectivity index (χ0) is 12.7. The summed E-state index contributed by atoms with van der Waals surface area (Å²) in [6.07, 6.45) is 1.03. The first-order valence-corrected chi connectivity index (χ1v) is 5.97. The molecule has 1 rings (SSSR count). The quantitative estimate of drug-likeness (QED) is 0.668. The van der Waals surface area contributed by atoms with Crippen LogP contribution in [0.5, 0.6) is 5.75 Å². The lowest BCUT2D eigenvalue weighted by Crippen LogP contribution is -2.06. The van der Waals surface area contributed by atoms with Crippen LogP contribution >= 0.6 is 0 Å². The second-order valence-electron chi connectivity index (χ2n) is 4.63. The molecule has 0 aromatic heterocycles. The van der Waals surface area contributed by atoms with E-state index in [1.165, 1.54) is 11.1 Å². The van der Waals surface area contributed by atoms with Crippen molar-refractivity contribution in [1.29, 1.82) is 0 Å². The number of methoxy groups -OCH3 is 1. The van der Waals surface area contributed by atoms with Gasteiger partial charge in [-0.05, 0) is 37.0 Å². The summed E-state index contributed by atoms with van der Waals surface area (Å²) >= 11 is 0. The standard InChI is InChI=1S/C15H22O2/c1-12(2)9-13(3)10-17-11-14-5-7-15(16-4)8-6-14/h5-8,13H,1,9-11H2,2-4H3/t13-/m1/s1. The molecule has 1 aromatic carbocycles. The summed E-state index contributed by atoms with van der Waals surface area (Å²) in [5.74, 6) is 1.41. The van der Waals surface area contributed by atoms with Gasteiger partial charge in [-0.1, -0.05) is 24.6 Å². The Morgan fingerprint density at radius 1 is 1.29 bits per heavy atom. The lowest BCUT2D eigenvalue weighted by molar-refractivity contribution is 0.0921. The summed E-state index contributed by atoms with van der Waals surface area (Å²) in [4.78, 5) is 0. The van der Waals surface area contributed by atoms with Crippen LogP contribution < -0.4 is 4.74 Å². The van der Waals surface area contributed by atoms with Crippen LogP contribution in [-0.4, -0.2) is 13.7 Å². The van der Waals surface area contributed by atoms with Crippen LogP contribution in [0.4, 0.5) is 0 Å². The number of rotatable bonds is 7. The Hall–Kier alpha value is -1.28. The molecule has 0 heterocycles. The summed E-state index contributed by atoms with van der Waals surface area (Å²) in [6.45, 7) is 9.58. The topological polar surface area (TPSA) is 18.5 Å². The van der Waals surface area contributed by atoms with Gasteiger partial charge >= 0.3 is 0 Å². The minimum Gasteiger partial charge on any atom is -0.497 e. The van der Waals surface area contributed by atoms with E-state index in [2.05, 4.69) is 20.4 Å². The highest BCUT2D eigenvalue weighted by molar-refractivity contribution is 5.26. The van der Waals surface area contributed by atoms with Gasteiger partial charge in [0, 0.05) is 6.61 Å². The van der Waals surface area contributed by atoms with Gasteiger partial charge in [-0.3, -0.25) is 0 Å². The van der Waals surface area contributed by atoms with E-state index in [1.54, 1.807) is 7.11 Å². The van der Waals surface area contributed by atoms with Gasteiger partial charge < -0.3 is 9.47 Å². The molecule has 0 aliphatic heterocycles. The molecule has 94 valence electrons. The number of hydrogen-bond acceptors (Lipinski definition) is 2. The maximum Gasteiger partial charge on any atom is 0.118 e. The minimum atomic E-state index is 0.533. The molecular formula is C15H22O2. The van der Waals surface area contributed by atoms with Crippen molar-refractivity contribution < 1.29 is 9.47 Å². The summed E-state index contributed by atoms with van der Waals surface area (Å²) in [6, 6.07) is 7.97. The fraction of sp³-hybridized carbons (Fsp3) is 0.467. The Labute approximate surface area is 104 Å². The maximum atomic E-state index is 5.67. The highest BCUT2D eigenvalue weighted by Crippen LogP contribution is 2.13. The summed E-state index contributed by atoms with van der Waals surface area (Å²) in [7, 11) is 1.67. The number of benzene rings is 1. The van der Waals surface area contributed by atoms with Gasteiger partial charge in [0.1, 0.15) is 5.75 Å². The van der Waals surface area contributed by atoms with Crippen LogP contribution in [0.25, 0.3) is 0 Å². The van der Waals surface area contributed by atoms with Crippen molar-refractivity contribution >= 4 is 0 Å². The van der Waals surface area contributed by atoms with Gasteiger partial charge in [-0.25, -0.2) is 0 Å². The maximum absolute atomic E-state index is 5.67. The van der Waals surface area contributed by atoms with Crippen LogP contribution in [0.2, 0.25) is 0 Å². The van der Waals surface area contributed by atoms with Crippen molar-refractivity contribution in [2.24, 2.45) is 5.92 Å². The van der Waals surface area contributed by atoms with Crippen molar-refractivity contribution in [2.75, 3.05) is 13.7 Å². The van der Waals surface area contributed by atoms with Crippen LogP contribution in [0.15, 0.2) is 36.4 Å². The van der Waals surface area contributed by atoms with E-state index < -0.39 is 0 Å². The zero-order valence-corrected chi connectivity index (χ0v) is 11.0. The molecule has 1 atom stereocenters. The smallest absolute Gasteiger partial charge is 0.118 e. The van der Waals surface area contributed by atoms with E-state index in [0.29, 0.717) is 12.5 Å². The molecule has 1 aromatic rings. The van der Waals surface area contributed by atoms with Crippen LogP contribution in [0.3, 0.4) is 0 Å². The summed E-state index contributed by atoms with van der Waals surface area (Å²) < 4.78 is 10.8. The average Bonchev–Trinajstić information content (AvgIpc) is 2.29. The largest absolute Gasteiger partial charge is 0.497 e.